The number of rotatable bonds is 15. The van der Waals surface area contributed by atoms with Crippen LogP contribution in [-0.2, 0) is 14.4 Å². The maximum absolute atomic E-state index is 13.5. The SMILES string of the molecule is CCCCN(CCCO)C(=O)CN1C[C@H](c2cc(OC)c3c(c2)OCO3)C(C(=O)O)[C@@H]1CCCN1CCCC1=O. The van der Waals surface area contributed by atoms with E-state index in [0.717, 1.165) is 31.4 Å². The van der Waals surface area contributed by atoms with Crippen LogP contribution in [0.5, 0.6) is 17.2 Å². The number of hydrogen-bond donors (Lipinski definition) is 2. The lowest BCUT2D eigenvalue weighted by molar-refractivity contribution is -0.144. The molecule has 3 heterocycles. The van der Waals surface area contributed by atoms with Crippen molar-refractivity contribution in [3.8, 4) is 17.2 Å². The summed E-state index contributed by atoms with van der Waals surface area (Å²) in [5, 5.41) is 19.8. The molecule has 3 atom stereocenters. The van der Waals surface area contributed by atoms with Crippen molar-refractivity contribution in [2.24, 2.45) is 5.92 Å². The van der Waals surface area contributed by atoms with Gasteiger partial charge in [0.2, 0.25) is 24.4 Å². The number of hydrogen-bond acceptors (Lipinski definition) is 8. The third kappa shape index (κ3) is 6.80. The van der Waals surface area contributed by atoms with Crippen molar-refractivity contribution < 1.29 is 38.8 Å². The van der Waals surface area contributed by atoms with Crippen LogP contribution in [0.2, 0.25) is 0 Å². The highest BCUT2D eigenvalue weighted by atomic mass is 16.7. The van der Waals surface area contributed by atoms with Gasteiger partial charge in [-0.1, -0.05) is 13.3 Å². The van der Waals surface area contributed by atoms with Crippen LogP contribution >= 0.6 is 0 Å². The predicted octanol–water partition coefficient (Wildman–Crippen LogP) is 2.31. The minimum atomic E-state index is -0.915. The summed E-state index contributed by atoms with van der Waals surface area (Å²) in [7, 11) is 1.54. The van der Waals surface area contributed by atoms with Crippen LogP contribution in [0.25, 0.3) is 0 Å². The molecule has 3 aliphatic heterocycles. The van der Waals surface area contributed by atoms with E-state index in [1.165, 1.54) is 7.11 Å². The summed E-state index contributed by atoms with van der Waals surface area (Å²) in [5.41, 5.74) is 0.770. The largest absolute Gasteiger partial charge is 0.493 e. The van der Waals surface area contributed by atoms with Gasteiger partial charge in [0.05, 0.1) is 19.6 Å². The molecule has 4 rings (SSSR count). The van der Waals surface area contributed by atoms with Crippen molar-refractivity contribution in [1.82, 2.24) is 14.7 Å². The van der Waals surface area contributed by atoms with E-state index >= 15 is 0 Å². The summed E-state index contributed by atoms with van der Waals surface area (Å²) < 4.78 is 16.7. The van der Waals surface area contributed by atoms with E-state index in [9.17, 15) is 24.6 Å². The second kappa shape index (κ2) is 14.0. The smallest absolute Gasteiger partial charge is 0.308 e. The highest BCUT2D eigenvalue weighted by Crippen LogP contribution is 2.47. The van der Waals surface area contributed by atoms with E-state index in [0.29, 0.717) is 69.1 Å². The normalized spacial score (nSPS) is 22.2. The highest BCUT2D eigenvalue weighted by molar-refractivity contribution is 5.79. The topological polar surface area (TPSA) is 129 Å². The summed E-state index contributed by atoms with van der Waals surface area (Å²) in [6.07, 6.45) is 4.94. The van der Waals surface area contributed by atoms with Gasteiger partial charge in [-0.15, -0.1) is 0 Å². The van der Waals surface area contributed by atoms with E-state index in [1.54, 1.807) is 4.90 Å². The van der Waals surface area contributed by atoms with Crippen LogP contribution in [0.1, 0.15) is 63.4 Å². The van der Waals surface area contributed by atoms with Crippen molar-refractivity contribution in [3.05, 3.63) is 17.7 Å². The molecule has 0 saturated carbocycles. The molecule has 3 aliphatic rings. The number of likely N-dealkylation sites (tertiary alicyclic amines) is 2. The van der Waals surface area contributed by atoms with Crippen molar-refractivity contribution >= 4 is 17.8 Å². The Labute approximate surface area is 236 Å². The predicted molar refractivity (Wildman–Crippen MR) is 147 cm³/mol. The second-order valence-electron chi connectivity index (χ2n) is 10.9. The number of fused-ring (bicyclic) bond motifs is 1. The molecule has 2 N–H and O–H groups in total. The monoisotopic (exact) mass is 561 g/mol. The number of aliphatic hydroxyl groups is 1. The van der Waals surface area contributed by atoms with E-state index in [2.05, 4.69) is 6.92 Å². The Balaban J connectivity index is 1.59. The van der Waals surface area contributed by atoms with Crippen molar-refractivity contribution in [2.75, 3.05) is 59.8 Å². The maximum Gasteiger partial charge on any atom is 0.308 e. The number of carbonyl (C=O) groups is 3. The first-order chi connectivity index (χ1) is 19.4. The van der Waals surface area contributed by atoms with Gasteiger partial charge in [0.25, 0.3) is 0 Å². The third-order valence-electron chi connectivity index (χ3n) is 8.30. The van der Waals surface area contributed by atoms with Gasteiger partial charge in [-0.2, -0.15) is 0 Å². The standard InChI is InChI=1S/C29H43N3O8/c1-3-4-10-31(13-7-14-33)26(35)18-32-17-21(20-15-23(38-2)28-24(16-20)39-19-40-28)27(29(36)37)22(32)8-5-11-30-12-6-9-25(30)34/h15-16,21-22,27,33H,3-14,17-19H2,1-2H3,(H,36,37)/t21-,22+,27?/m1/s1. The number of ether oxygens (including phenoxy) is 3. The Hall–Kier alpha value is -3.05. The molecule has 1 aromatic carbocycles. The van der Waals surface area contributed by atoms with Crippen molar-refractivity contribution in [3.63, 3.8) is 0 Å². The summed E-state index contributed by atoms with van der Waals surface area (Å²) in [5.74, 6) is -0.465. The number of nitrogens with zero attached hydrogens (tertiary/aromatic N) is 3. The Kier molecular flexibility index (Phi) is 10.5. The summed E-state index contributed by atoms with van der Waals surface area (Å²) in [6, 6.07) is 3.26. The number of carboxylic acid groups (broad SMARTS) is 1. The summed E-state index contributed by atoms with van der Waals surface area (Å²) in [6.45, 7) is 5.04. The number of amides is 2. The van der Waals surface area contributed by atoms with Gasteiger partial charge < -0.3 is 34.2 Å². The molecule has 1 unspecified atom stereocenters. The zero-order valence-corrected chi connectivity index (χ0v) is 23.7. The molecule has 11 nitrogen and oxygen atoms in total. The minimum absolute atomic E-state index is 0.00652. The molecule has 40 heavy (non-hydrogen) atoms. The molecule has 1 aromatic rings. The molecular weight excluding hydrogens is 518 g/mol. The lowest BCUT2D eigenvalue weighted by atomic mass is 9.83. The fraction of sp³-hybridized carbons (Fsp3) is 0.690. The van der Waals surface area contributed by atoms with Gasteiger partial charge in [0.15, 0.2) is 11.5 Å². The molecule has 2 fully saturated rings. The quantitative estimate of drug-likeness (QED) is 0.331. The number of methoxy groups -OCH3 is 1. The van der Waals surface area contributed by atoms with Crippen LogP contribution in [0.3, 0.4) is 0 Å². The third-order valence-corrected chi connectivity index (χ3v) is 8.30. The molecule has 0 radical (unpaired) electrons. The number of carbonyl (C=O) groups excluding carboxylic acids is 2. The lowest BCUT2D eigenvalue weighted by Crippen LogP contribution is -2.45. The second-order valence-corrected chi connectivity index (χ2v) is 10.9. The van der Waals surface area contributed by atoms with E-state index in [4.69, 9.17) is 14.2 Å². The molecule has 0 aliphatic carbocycles. The van der Waals surface area contributed by atoms with E-state index < -0.39 is 17.8 Å². The van der Waals surface area contributed by atoms with Gasteiger partial charge in [0.1, 0.15) is 0 Å². The first-order valence-corrected chi connectivity index (χ1v) is 14.5. The number of aliphatic carboxylic acids is 1. The minimum Gasteiger partial charge on any atom is -0.493 e. The first kappa shape index (κ1) is 29.9. The average molecular weight is 562 g/mol. The molecule has 0 bridgehead atoms. The van der Waals surface area contributed by atoms with Crippen molar-refractivity contribution in [2.45, 2.75) is 63.8 Å². The van der Waals surface area contributed by atoms with E-state index in [-0.39, 0.29) is 37.8 Å². The number of aliphatic hydroxyl groups excluding tert-OH is 1. The van der Waals surface area contributed by atoms with Crippen LogP contribution in [0, 0.1) is 5.92 Å². The van der Waals surface area contributed by atoms with Crippen LogP contribution < -0.4 is 14.2 Å². The maximum atomic E-state index is 13.5. The molecule has 11 heteroatoms. The van der Waals surface area contributed by atoms with Gasteiger partial charge in [-0.3, -0.25) is 19.3 Å². The van der Waals surface area contributed by atoms with E-state index in [1.807, 2.05) is 21.9 Å². The molecule has 2 amide bonds. The summed E-state index contributed by atoms with van der Waals surface area (Å²) in [4.78, 5) is 44.1. The van der Waals surface area contributed by atoms with Gasteiger partial charge >= 0.3 is 5.97 Å². The molecule has 222 valence electrons. The number of benzene rings is 1. The fourth-order valence-corrected chi connectivity index (χ4v) is 6.23. The highest BCUT2D eigenvalue weighted by Gasteiger charge is 2.47. The molecule has 0 spiro atoms. The lowest BCUT2D eigenvalue weighted by Gasteiger charge is -2.30. The Bertz CT molecular complexity index is 1040. The van der Waals surface area contributed by atoms with Gasteiger partial charge in [-0.05, 0) is 49.8 Å². The number of carboxylic acids is 1. The van der Waals surface area contributed by atoms with Crippen molar-refractivity contribution in [1.29, 1.82) is 0 Å². The van der Waals surface area contributed by atoms with Gasteiger partial charge in [-0.25, -0.2) is 0 Å². The number of unbranched alkanes of at least 4 members (excludes halogenated alkanes) is 1. The zero-order chi connectivity index (χ0) is 28.6. The summed E-state index contributed by atoms with van der Waals surface area (Å²) >= 11 is 0. The average Bonchev–Trinajstić information content (AvgIpc) is 3.67. The van der Waals surface area contributed by atoms with Gasteiger partial charge in [0, 0.05) is 57.7 Å². The van der Waals surface area contributed by atoms with Crippen LogP contribution in [0.15, 0.2) is 12.1 Å². The molecule has 0 aromatic heterocycles. The Morgan fingerprint density at radius 2 is 1.98 bits per heavy atom. The Morgan fingerprint density at radius 3 is 2.65 bits per heavy atom. The van der Waals surface area contributed by atoms with Crippen LogP contribution in [0.4, 0.5) is 0 Å². The molecular formula is C29H43N3O8. The zero-order valence-electron chi connectivity index (χ0n) is 23.7. The molecule has 2 saturated heterocycles. The first-order valence-electron chi connectivity index (χ1n) is 14.5. The fourth-order valence-electron chi connectivity index (χ4n) is 6.23. The Morgan fingerprint density at radius 1 is 1.18 bits per heavy atom. The van der Waals surface area contributed by atoms with Crippen LogP contribution in [-0.4, -0.2) is 109 Å².